The van der Waals surface area contributed by atoms with E-state index >= 15 is 0 Å². The zero-order valence-electron chi connectivity index (χ0n) is 15.5. The maximum absolute atomic E-state index is 12.7. The number of nitro benzene ring substituents is 1. The summed E-state index contributed by atoms with van der Waals surface area (Å²) in [6.07, 6.45) is -4.72. The minimum atomic E-state index is -4.72. The summed E-state index contributed by atoms with van der Waals surface area (Å²) >= 11 is 1.96. The molecule has 2 amide bonds. The van der Waals surface area contributed by atoms with E-state index in [-0.39, 0.29) is 16.4 Å². The van der Waals surface area contributed by atoms with Gasteiger partial charge in [-0.1, -0.05) is 17.7 Å². The van der Waals surface area contributed by atoms with Gasteiger partial charge in [0.05, 0.1) is 26.9 Å². The third-order valence-corrected chi connectivity index (χ3v) is 5.65. The van der Waals surface area contributed by atoms with Crippen molar-refractivity contribution >= 4 is 41.0 Å². The first kappa shape index (κ1) is 23.5. The van der Waals surface area contributed by atoms with Crippen LogP contribution in [0.5, 0.6) is 0 Å². The summed E-state index contributed by atoms with van der Waals surface area (Å²) < 4.78 is 38.1. The molecule has 0 aliphatic carbocycles. The van der Waals surface area contributed by atoms with Crippen LogP contribution in [-0.4, -0.2) is 28.2 Å². The smallest absolute Gasteiger partial charge is 0.272 e. The van der Waals surface area contributed by atoms with Crippen LogP contribution in [0.15, 0.2) is 52.3 Å². The van der Waals surface area contributed by atoms with E-state index < -0.39 is 34.2 Å². The molecule has 0 heterocycles. The predicted octanol–water partition coefficient (Wildman–Crippen LogP) is 3.95. The highest BCUT2D eigenvalue weighted by molar-refractivity contribution is 8.00. The molecule has 160 valence electrons. The van der Waals surface area contributed by atoms with Crippen LogP contribution in [0.4, 0.5) is 18.9 Å². The molecule has 2 aromatic rings. The molecule has 0 unspecified atom stereocenters. The molecule has 0 aromatic heterocycles. The number of rotatable bonds is 7. The first-order chi connectivity index (χ1) is 14.1. The number of nitro groups is 1. The number of alkyl halides is 3. The molecule has 0 saturated carbocycles. The summed E-state index contributed by atoms with van der Waals surface area (Å²) in [6.45, 7) is 1.94. The Morgan fingerprint density at radius 2 is 1.57 bits per heavy atom. The summed E-state index contributed by atoms with van der Waals surface area (Å²) in [4.78, 5) is 34.5. The molecule has 12 heteroatoms. The zero-order chi connectivity index (χ0) is 22.3. The molecule has 0 radical (unpaired) electrons. The van der Waals surface area contributed by atoms with Crippen LogP contribution in [0.25, 0.3) is 0 Å². The standard InChI is InChI=1S/C18H16F3N3O4S2/c1-11-2-5-13(6-3-11)29-9-16(25)22-23-17(26)10-30-15-7-4-12(18(19,20)21)8-14(15)24(27)28/h2-8H,9-10H2,1H3,(H,22,25)(H,23,26). The molecule has 2 N–H and O–H groups in total. The Kier molecular flexibility index (Phi) is 8.12. The number of hydrazine groups is 1. The van der Waals surface area contributed by atoms with E-state index in [0.717, 1.165) is 16.5 Å². The molecule has 2 aromatic carbocycles. The molecule has 7 nitrogen and oxygen atoms in total. The monoisotopic (exact) mass is 459 g/mol. The van der Waals surface area contributed by atoms with Gasteiger partial charge in [0, 0.05) is 11.0 Å². The molecule has 30 heavy (non-hydrogen) atoms. The second-order valence-corrected chi connectivity index (χ2v) is 7.99. The van der Waals surface area contributed by atoms with E-state index in [1.54, 1.807) is 0 Å². The predicted molar refractivity (Wildman–Crippen MR) is 107 cm³/mol. The van der Waals surface area contributed by atoms with Crippen molar-refractivity contribution in [1.82, 2.24) is 10.9 Å². The number of thioether (sulfide) groups is 2. The van der Waals surface area contributed by atoms with Crippen molar-refractivity contribution < 1.29 is 27.7 Å². The molecule has 0 aliphatic heterocycles. The van der Waals surface area contributed by atoms with Gasteiger partial charge in [0.1, 0.15) is 0 Å². The summed E-state index contributed by atoms with van der Waals surface area (Å²) in [5.41, 5.74) is 3.56. The van der Waals surface area contributed by atoms with Crippen molar-refractivity contribution in [2.75, 3.05) is 11.5 Å². The van der Waals surface area contributed by atoms with E-state index in [9.17, 15) is 32.9 Å². The van der Waals surface area contributed by atoms with Crippen LogP contribution in [0.2, 0.25) is 0 Å². The maximum Gasteiger partial charge on any atom is 0.416 e. The molecular formula is C18H16F3N3O4S2. The van der Waals surface area contributed by atoms with Gasteiger partial charge in [-0.3, -0.25) is 30.6 Å². The lowest BCUT2D eigenvalue weighted by Crippen LogP contribution is -2.43. The van der Waals surface area contributed by atoms with Gasteiger partial charge < -0.3 is 0 Å². The van der Waals surface area contributed by atoms with Gasteiger partial charge >= 0.3 is 6.18 Å². The van der Waals surface area contributed by atoms with Crippen LogP contribution in [0.1, 0.15) is 11.1 Å². The SMILES string of the molecule is Cc1ccc(SCC(=O)NNC(=O)CSc2ccc(C(F)(F)F)cc2[N+](=O)[O-])cc1. The number of aryl methyl sites for hydroxylation is 1. The van der Waals surface area contributed by atoms with Crippen molar-refractivity contribution in [1.29, 1.82) is 0 Å². The van der Waals surface area contributed by atoms with Crippen LogP contribution >= 0.6 is 23.5 Å². The third-order valence-electron chi connectivity index (χ3n) is 3.57. The highest BCUT2D eigenvalue weighted by atomic mass is 32.2. The van der Waals surface area contributed by atoms with Gasteiger partial charge in [-0.05, 0) is 31.2 Å². The quantitative estimate of drug-likeness (QED) is 0.369. The minimum Gasteiger partial charge on any atom is -0.272 e. The number of amides is 2. The number of halogens is 3. The van der Waals surface area contributed by atoms with Crippen LogP contribution in [0, 0.1) is 17.0 Å². The topological polar surface area (TPSA) is 101 Å². The normalized spacial score (nSPS) is 11.1. The summed E-state index contributed by atoms with van der Waals surface area (Å²) in [5, 5.41) is 11.0. The lowest BCUT2D eigenvalue weighted by atomic mass is 10.2. The Labute approximate surface area is 177 Å². The Morgan fingerprint density at radius 3 is 2.10 bits per heavy atom. The largest absolute Gasteiger partial charge is 0.416 e. The van der Waals surface area contributed by atoms with Gasteiger partial charge in [0.25, 0.3) is 5.69 Å². The first-order valence-electron chi connectivity index (χ1n) is 8.32. The fourth-order valence-electron chi connectivity index (χ4n) is 2.10. The number of hydrogen-bond acceptors (Lipinski definition) is 6. The Morgan fingerprint density at radius 1 is 1.00 bits per heavy atom. The lowest BCUT2D eigenvalue weighted by Gasteiger charge is -2.09. The fraction of sp³-hybridized carbons (Fsp3) is 0.222. The molecule has 0 saturated heterocycles. The first-order valence-corrected chi connectivity index (χ1v) is 10.3. The molecule has 0 atom stereocenters. The molecule has 0 fully saturated rings. The fourth-order valence-corrected chi connectivity index (χ4v) is 3.60. The van der Waals surface area contributed by atoms with Crippen molar-refractivity contribution in [2.24, 2.45) is 0 Å². The van der Waals surface area contributed by atoms with Gasteiger partial charge in [0.2, 0.25) is 11.8 Å². The Bertz CT molecular complexity index is 937. The molecule has 2 rings (SSSR count). The Balaban J connectivity index is 1.83. The number of benzene rings is 2. The lowest BCUT2D eigenvalue weighted by molar-refractivity contribution is -0.388. The van der Waals surface area contributed by atoms with Crippen molar-refractivity contribution in [2.45, 2.75) is 22.9 Å². The highest BCUT2D eigenvalue weighted by Gasteiger charge is 2.33. The van der Waals surface area contributed by atoms with Crippen molar-refractivity contribution in [3.8, 4) is 0 Å². The van der Waals surface area contributed by atoms with Crippen LogP contribution in [0.3, 0.4) is 0 Å². The maximum atomic E-state index is 12.7. The van der Waals surface area contributed by atoms with Crippen LogP contribution in [-0.2, 0) is 15.8 Å². The molecular weight excluding hydrogens is 443 g/mol. The van der Waals surface area contributed by atoms with E-state index in [2.05, 4.69) is 10.9 Å². The van der Waals surface area contributed by atoms with Gasteiger partial charge in [-0.25, -0.2) is 0 Å². The number of nitrogens with zero attached hydrogens (tertiary/aromatic N) is 1. The Hall–Kier alpha value is -2.73. The van der Waals surface area contributed by atoms with Crippen LogP contribution < -0.4 is 10.9 Å². The number of hydrogen-bond donors (Lipinski definition) is 2. The highest BCUT2D eigenvalue weighted by Crippen LogP contribution is 2.36. The molecule has 0 aliphatic rings. The van der Waals surface area contributed by atoms with E-state index in [0.29, 0.717) is 23.9 Å². The summed E-state index contributed by atoms with van der Waals surface area (Å²) in [7, 11) is 0. The number of carbonyl (C=O) groups excluding carboxylic acids is 2. The van der Waals surface area contributed by atoms with E-state index in [1.807, 2.05) is 31.2 Å². The number of nitrogens with one attached hydrogen (secondary N) is 2. The van der Waals surface area contributed by atoms with Gasteiger partial charge in [-0.15, -0.1) is 23.5 Å². The second-order valence-electron chi connectivity index (χ2n) is 5.92. The van der Waals surface area contributed by atoms with E-state index in [4.69, 9.17) is 0 Å². The van der Waals surface area contributed by atoms with Crippen molar-refractivity contribution in [3.63, 3.8) is 0 Å². The summed E-state index contributed by atoms with van der Waals surface area (Å²) in [6, 6.07) is 9.59. The third kappa shape index (κ3) is 7.26. The second kappa shape index (κ2) is 10.3. The molecule has 0 bridgehead atoms. The molecule has 0 spiro atoms. The minimum absolute atomic E-state index is 0.0564. The van der Waals surface area contributed by atoms with Gasteiger partial charge in [-0.2, -0.15) is 13.2 Å². The van der Waals surface area contributed by atoms with Crippen molar-refractivity contribution in [3.05, 3.63) is 63.7 Å². The van der Waals surface area contributed by atoms with E-state index in [1.165, 1.54) is 11.8 Å². The zero-order valence-corrected chi connectivity index (χ0v) is 17.1. The number of carbonyl (C=O) groups is 2. The summed E-state index contributed by atoms with van der Waals surface area (Å²) in [5.74, 6) is -1.40. The average molecular weight is 459 g/mol. The van der Waals surface area contributed by atoms with Gasteiger partial charge in [0.15, 0.2) is 0 Å². The average Bonchev–Trinajstić information content (AvgIpc) is 2.69.